The molecule has 1 aromatic carbocycles. The van der Waals surface area contributed by atoms with Crippen LogP contribution in [0.15, 0.2) is 24.3 Å². The van der Waals surface area contributed by atoms with E-state index in [1.807, 2.05) is 12.1 Å². The SMILES string of the molecule is CCCCCCCCc1ccc(C(N)CC(CO)CCP(=O)(O)O)cc1. The molecule has 0 aromatic heterocycles. The highest BCUT2D eigenvalue weighted by Crippen LogP contribution is 2.37. The molecule has 1 rings (SSSR count). The minimum Gasteiger partial charge on any atom is -0.396 e. The molecule has 2 unspecified atom stereocenters. The summed E-state index contributed by atoms with van der Waals surface area (Å²) in [6.07, 6.45) is 9.42. The maximum Gasteiger partial charge on any atom is 0.325 e. The van der Waals surface area contributed by atoms with Crippen molar-refractivity contribution in [3.63, 3.8) is 0 Å². The van der Waals surface area contributed by atoms with Crippen molar-refractivity contribution in [2.45, 2.75) is 70.8 Å². The van der Waals surface area contributed by atoms with Gasteiger partial charge in [0.1, 0.15) is 0 Å². The first kappa shape index (κ1) is 23.3. The monoisotopic (exact) mass is 385 g/mol. The van der Waals surface area contributed by atoms with Crippen LogP contribution in [0.5, 0.6) is 0 Å². The summed E-state index contributed by atoms with van der Waals surface area (Å²) in [5.74, 6) is -0.194. The van der Waals surface area contributed by atoms with Gasteiger partial charge in [0.05, 0.1) is 6.16 Å². The lowest BCUT2D eigenvalue weighted by atomic mass is 9.93. The Bertz CT molecular complexity index is 529. The van der Waals surface area contributed by atoms with E-state index >= 15 is 0 Å². The summed E-state index contributed by atoms with van der Waals surface area (Å²) < 4.78 is 11.0. The number of benzene rings is 1. The molecule has 6 heteroatoms. The summed E-state index contributed by atoms with van der Waals surface area (Å²) in [5, 5.41) is 9.43. The minimum absolute atomic E-state index is 0.107. The highest BCUT2D eigenvalue weighted by molar-refractivity contribution is 7.51. The molecular weight excluding hydrogens is 349 g/mol. The van der Waals surface area contributed by atoms with E-state index in [4.69, 9.17) is 15.5 Å². The van der Waals surface area contributed by atoms with Gasteiger partial charge < -0.3 is 20.6 Å². The van der Waals surface area contributed by atoms with Gasteiger partial charge in [-0.2, -0.15) is 0 Å². The Labute approximate surface area is 158 Å². The van der Waals surface area contributed by atoms with Crippen molar-refractivity contribution in [3.05, 3.63) is 35.4 Å². The Kier molecular flexibility index (Phi) is 11.3. The largest absolute Gasteiger partial charge is 0.396 e. The molecule has 26 heavy (non-hydrogen) atoms. The van der Waals surface area contributed by atoms with Crippen LogP contribution >= 0.6 is 7.60 Å². The van der Waals surface area contributed by atoms with Crippen LogP contribution in [0.2, 0.25) is 0 Å². The van der Waals surface area contributed by atoms with Gasteiger partial charge in [-0.05, 0) is 42.7 Å². The Morgan fingerprint density at radius 1 is 1.04 bits per heavy atom. The standard InChI is InChI=1S/C20H36NO4P/c1-2-3-4-5-6-7-8-17-9-11-19(12-10-17)20(21)15-18(16-22)13-14-26(23,24)25/h9-12,18,20,22H,2-8,13-16,21H2,1H3,(H2,23,24,25). The van der Waals surface area contributed by atoms with Crippen molar-refractivity contribution < 1.29 is 19.5 Å². The maximum atomic E-state index is 11.0. The van der Waals surface area contributed by atoms with E-state index in [2.05, 4.69) is 19.1 Å². The molecule has 0 aliphatic carbocycles. The van der Waals surface area contributed by atoms with Crippen LogP contribution in [-0.4, -0.2) is 27.7 Å². The van der Waals surface area contributed by atoms with E-state index in [0.29, 0.717) is 6.42 Å². The van der Waals surface area contributed by atoms with E-state index in [1.165, 1.54) is 44.1 Å². The van der Waals surface area contributed by atoms with Crippen molar-refractivity contribution in [1.82, 2.24) is 0 Å². The van der Waals surface area contributed by atoms with Gasteiger partial charge >= 0.3 is 7.60 Å². The predicted molar refractivity (Wildman–Crippen MR) is 107 cm³/mol. The molecule has 0 spiro atoms. The highest BCUT2D eigenvalue weighted by Gasteiger charge is 2.19. The lowest BCUT2D eigenvalue weighted by molar-refractivity contribution is 0.206. The summed E-state index contributed by atoms with van der Waals surface area (Å²) in [6, 6.07) is 8.07. The molecule has 5 N–H and O–H groups in total. The zero-order valence-electron chi connectivity index (χ0n) is 16.0. The van der Waals surface area contributed by atoms with Crippen LogP contribution in [0.1, 0.15) is 75.5 Å². The quantitative estimate of drug-likeness (QED) is 0.284. The zero-order valence-corrected chi connectivity index (χ0v) is 16.9. The number of hydrogen-bond acceptors (Lipinski definition) is 3. The van der Waals surface area contributed by atoms with Crippen molar-refractivity contribution in [1.29, 1.82) is 0 Å². The molecule has 0 aliphatic rings. The van der Waals surface area contributed by atoms with Crippen LogP contribution < -0.4 is 5.73 Å². The molecule has 0 aliphatic heterocycles. The zero-order chi connectivity index (χ0) is 19.4. The summed E-state index contributed by atoms with van der Waals surface area (Å²) in [6.45, 7) is 2.12. The molecule has 0 bridgehead atoms. The number of aryl methyl sites for hydroxylation is 1. The van der Waals surface area contributed by atoms with Crippen LogP contribution in [-0.2, 0) is 11.0 Å². The Morgan fingerprint density at radius 3 is 2.23 bits per heavy atom. The second kappa shape index (κ2) is 12.6. The summed E-state index contributed by atoms with van der Waals surface area (Å²) in [5.41, 5.74) is 8.55. The number of nitrogens with two attached hydrogens (primary N) is 1. The number of rotatable bonds is 14. The fourth-order valence-electron chi connectivity index (χ4n) is 3.17. The maximum absolute atomic E-state index is 11.0. The van der Waals surface area contributed by atoms with Gasteiger partial charge in [0.25, 0.3) is 0 Å². The van der Waals surface area contributed by atoms with Crippen LogP contribution in [0, 0.1) is 5.92 Å². The van der Waals surface area contributed by atoms with E-state index < -0.39 is 7.60 Å². The fraction of sp³-hybridized carbons (Fsp3) is 0.700. The van der Waals surface area contributed by atoms with Crippen molar-refractivity contribution in [2.24, 2.45) is 11.7 Å². The average molecular weight is 385 g/mol. The van der Waals surface area contributed by atoms with Crippen molar-refractivity contribution in [3.8, 4) is 0 Å². The van der Waals surface area contributed by atoms with Gasteiger partial charge in [-0.1, -0.05) is 63.3 Å². The number of hydrogen-bond donors (Lipinski definition) is 4. The third-order valence-corrected chi connectivity index (χ3v) is 5.74. The predicted octanol–water partition coefficient (Wildman–Crippen LogP) is 4.16. The third kappa shape index (κ3) is 10.4. The van der Waals surface area contributed by atoms with E-state index in [1.54, 1.807) is 0 Å². The van der Waals surface area contributed by atoms with Crippen molar-refractivity contribution in [2.75, 3.05) is 12.8 Å². The summed E-state index contributed by atoms with van der Waals surface area (Å²) >= 11 is 0. The first-order valence-electron chi connectivity index (χ1n) is 9.85. The molecule has 0 saturated heterocycles. The van der Waals surface area contributed by atoms with Gasteiger partial charge in [0.2, 0.25) is 0 Å². The Balaban J connectivity index is 2.39. The molecule has 0 saturated carbocycles. The molecule has 0 radical (unpaired) electrons. The smallest absolute Gasteiger partial charge is 0.325 e. The normalized spacial score (nSPS) is 14.3. The van der Waals surface area contributed by atoms with E-state index in [0.717, 1.165) is 12.0 Å². The second-order valence-electron chi connectivity index (χ2n) is 7.33. The van der Waals surface area contributed by atoms with Gasteiger partial charge in [-0.15, -0.1) is 0 Å². The lowest BCUT2D eigenvalue weighted by Crippen LogP contribution is -2.19. The van der Waals surface area contributed by atoms with Gasteiger partial charge in [-0.25, -0.2) is 0 Å². The summed E-state index contributed by atoms with van der Waals surface area (Å²) in [7, 11) is -4.03. The summed E-state index contributed by atoms with van der Waals surface area (Å²) in [4.78, 5) is 17.9. The van der Waals surface area contributed by atoms with Gasteiger partial charge in [-0.3, -0.25) is 4.57 Å². The molecule has 0 amide bonds. The Morgan fingerprint density at radius 2 is 1.65 bits per heavy atom. The molecule has 0 fully saturated rings. The van der Waals surface area contributed by atoms with E-state index in [-0.39, 0.29) is 31.1 Å². The average Bonchev–Trinajstić information content (AvgIpc) is 2.61. The topological polar surface area (TPSA) is 104 Å². The molecular formula is C20H36NO4P. The molecule has 0 heterocycles. The minimum atomic E-state index is -4.03. The molecule has 5 nitrogen and oxygen atoms in total. The number of aliphatic hydroxyl groups is 1. The van der Waals surface area contributed by atoms with Crippen molar-refractivity contribution >= 4 is 7.60 Å². The van der Waals surface area contributed by atoms with Crippen LogP contribution in [0.4, 0.5) is 0 Å². The first-order chi connectivity index (χ1) is 12.4. The second-order valence-corrected chi connectivity index (χ2v) is 9.10. The fourth-order valence-corrected chi connectivity index (χ4v) is 3.87. The number of unbranched alkanes of at least 4 members (excludes halogenated alkanes) is 5. The van der Waals surface area contributed by atoms with Crippen LogP contribution in [0.25, 0.3) is 0 Å². The Hall–Kier alpha value is -0.710. The molecule has 1 aromatic rings. The van der Waals surface area contributed by atoms with Gasteiger partial charge in [0.15, 0.2) is 0 Å². The first-order valence-corrected chi connectivity index (χ1v) is 11.6. The third-order valence-electron chi connectivity index (χ3n) is 4.90. The molecule has 2 atom stereocenters. The highest BCUT2D eigenvalue weighted by atomic mass is 31.2. The van der Waals surface area contributed by atoms with Gasteiger partial charge in [0, 0.05) is 12.6 Å². The molecule has 150 valence electrons. The lowest BCUT2D eigenvalue weighted by Gasteiger charge is -2.20. The number of aliphatic hydroxyl groups excluding tert-OH is 1. The van der Waals surface area contributed by atoms with Crippen LogP contribution in [0.3, 0.4) is 0 Å². The van der Waals surface area contributed by atoms with E-state index in [9.17, 15) is 9.67 Å².